The fourth-order valence-electron chi connectivity index (χ4n) is 2.38. The first-order chi connectivity index (χ1) is 9.97. The number of aliphatic hydroxyl groups is 1. The van der Waals surface area contributed by atoms with E-state index in [4.69, 9.17) is 5.11 Å². The van der Waals surface area contributed by atoms with Crippen molar-refractivity contribution in [1.29, 1.82) is 0 Å². The molecule has 8 heteroatoms. The molecule has 1 heterocycles. The molecule has 8 nitrogen and oxygen atoms in total. The summed E-state index contributed by atoms with van der Waals surface area (Å²) < 4.78 is 0. The first-order valence-corrected chi connectivity index (χ1v) is 6.46. The fraction of sp³-hybridized carbons (Fsp3) is 0.385. The third-order valence-electron chi connectivity index (χ3n) is 3.37. The van der Waals surface area contributed by atoms with E-state index in [-0.39, 0.29) is 24.5 Å². The quantitative estimate of drug-likeness (QED) is 0.470. The van der Waals surface area contributed by atoms with Gasteiger partial charge in [-0.1, -0.05) is 13.0 Å². The highest BCUT2D eigenvalue weighted by atomic mass is 16.6. The number of carbonyl (C=O) groups is 2. The first-order valence-electron chi connectivity index (χ1n) is 6.46. The smallest absolute Gasteiger partial charge is 0.292 e. The molecule has 112 valence electrons. The minimum Gasteiger partial charge on any atom is -0.392 e. The van der Waals surface area contributed by atoms with Crippen LogP contribution in [0.1, 0.15) is 18.9 Å². The monoisotopic (exact) mass is 293 g/mol. The van der Waals surface area contributed by atoms with Crippen molar-refractivity contribution in [2.75, 3.05) is 11.4 Å². The van der Waals surface area contributed by atoms with Gasteiger partial charge in [-0.05, 0) is 18.1 Å². The Morgan fingerprint density at radius 3 is 2.76 bits per heavy atom. The van der Waals surface area contributed by atoms with Gasteiger partial charge >= 0.3 is 0 Å². The number of imide groups is 1. The summed E-state index contributed by atoms with van der Waals surface area (Å²) in [6.45, 7) is 1.32. The SMILES string of the molecule is CCC1C(=O)NC(=O)CN1c1ccc(CO)cc1[N+](=O)[O-]. The number of piperazine rings is 1. The number of amides is 2. The molecule has 1 atom stereocenters. The van der Waals surface area contributed by atoms with Gasteiger partial charge in [0.05, 0.1) is 18.1 Å². The number of nitrogens with one attached hydrogen (secondary N) is 1. The summed E-state index contributed by atoms with van der Waals surface area (Å²) >= 11 is 0. The summed E-state index contributed by atoms with van der Waals surface area (Å²) in [5, 5.41) is 22.5. The molecular weight excluding hydrogens is 278 g/mol. The van der Waals surface area contributed by atoms with Gasteiger partial charge in [-0.2, -0.15) is 0 Å². The van der Waals surface area contributed by atoms with Gasteiger partial charge in [-0.25, -0.2) is 0 Å². The van der Waals surface area contributed by atoms with Gasteiger partial charge in [0, 0.05) is 6.07 Å². The normalized spacial score (nSPS) is 18.6. The lowest BCUT2D eigenvalue weighted by Gasteiger charge is -2.34. The Kier molecular flexibility index (Phi) is 4.18. The average Bonchev–Trinajstić information content (AvgIpc) is 2.45. The number of aliphatic hydroxyl groups excluding tert-OH is 1. The molecule has 1 unspecified atom stereocenters. The number of hydrogen-bond donors (Lipinski definition) is 2. The van der Waals surface area contributed by atoms with Crippen LogP contribution in [-0.4, -0.2) is 34.4 Å². The molecule has 0 saturated carbocycles. The summed E-state index contributed by atoms with van der Waals surface area (Å²) in [6.07, 6.45) is 0.415. The topological polar surface area (TPSA) is 113 Å². The highest BCUT2D eigenvalue weighted by molar-refractivity contribution is 6.05. The van der Waals surface area contributed by atoms with E-state index in [0.29, 0.717) is 12.0 Å². The Hall–Kier alpha value is -2.48. The van der Waals surface area contributed by atoms with Crippen molar-refractivity contribution >= 4 is 23.2 Å². The number of nitrogens with zero attached hydrogens (tertiary/aromatic N) is 2. The maximum absolute atomic E-state index is 11.8. The molecule has 2 N–H and O–H groups in total. The van der Waals surface area contributed by atoms with E-state index in [1.165, 1.54) is 23.1 Å². The predicted molar refractivity (Wildman–Crippen MR) is 73.6 cm³/mol. The summed E-state index contributed by atoms with van der Waals surface area (Å²) in [5.74, 6) is -0.959. The largest absolute Gasteiger partial charge is 0.392 e. The van der Waals surface area contributed by atoms with Crippen molar-refractivity contribution < 1.29 is 19.6 Å². The van der Waals surface area contributed by atoms with Crippen molar-refractivity contribution in [1.82, 2.24) is 5.32 Å². The van der Waals surface area contributed by atoms with E-state index in [1.807, 2.05) is 0 Å². The minimum atomic E-state index is -0.638. The van der Waals surface area contributed by atoms with E-state index < -0.39 is 22.8 Å². The zero-order valence-electron chi connectivity index (χ0n) is 11.4. The number of benzene rings is 1. The molecule has 0 spiro atoms. The Bertz CT molecular complexity index is 601. The van der Waals surface area contributed by atoms with Crippen molar-refractivity contribution in [3.8, 4) is 0 Å². The molecule has 1 fully saturated rings. The van der Waals surface area contributed by atoms with Crippen LogP contribution in [0, 0.1) is 10.1 Å². The molecular formula is C13H15N3O5. The van der Waals surface area contributed by atoms with Crippen molar-refractivity contribution in [2.24, 2.45) is 0 Å². The van der Waals surface area contributed by atoms with Gasteiger partial charge in [0.2, 0.25) is 11.8 Å². The molecule has 2 rings (SSSR count). The second kappa shape index (κ2) is 5.88. The standard InChI is InChI=1S/C13H15N3O5/c1-2-9-13(19)14-12(18)6-15(9)10-4-3-8(7-17)5-11(10)16(20)21/h3-5,9,17H,2,6-7H2,1H3,(H,14,18,19). The highest BCUT2D eigenvalue weighted by Crippen LogP contribution is 2.32. The number of anilines is 1. The van der Waals surface area contributed by atoms with Gasteiger partial charge < -0.3 is 10.0 Å². The summed E-state index contributed by atoms with van der Waals surface area (Å²) in [6, 6.07) is 3.60. The van der Waals surface area contributed by atoms with Crippen LogP contribution in [0.3, 0.4) is 0 Å². The van der Waals surface area contributed by atoms with Crippen molar-refractivity contribution in [2.45, 2.75) is 26.0 Å². The molecule has 0 aliphatic carbocycles. The summed E-state index contributed by atoms with van der Waals surface area (Å²) in [4.78, 5) is 35.4. The summed E-state index contributed by atoms with van der Waals surface area (Å²) in [7, 11) is 0. The second-order valence-corrected chi connectivity index (χ2v) is 4.70. The van der Waals surface area contributed by atoms with E-state index in [2.05, 4.69) is 5.32 Å². The van der Waals surface area contributed by atoms with Gasteiger partial charge in [-0.3, -0.25) is 25.0 Å². The molecule has 1 aliphatic heterocycles. The molecule has 1 aromatic rings. The third kappa shape index (κ3) is 2.84. The van der Waals surface area contributed by atoms with Crippen LogP contribution < -0.4 is 10.2 Å². The van der Waals surface area contributed by atoms with Crippen LogP contribution >= 0.6 is 0 Å². The van der Waals surface area contributed by atoms with E-state index in [1.54, 1.807) is 6.92 Å². The lowest BCUT2D eigenvalue weighted by Crippen LogP contribution is -2.58. The molecule has 1 aromatic carbocycles. The van der Waals surface area contributed by atoms with E-state index in [9.17, 15) is 19.7 Å². The van der Waals surface area contributed by atoms with Crippen LogP contribution in [0.15, 0.2) is 18.2 Å². The molecule has 0 radical (unpaired) electrons. The first kappa shape index (κ1) is 14.9. The number of carbonyl (C=O) groups excluding carboxylic acids is 2. The van der Waals surface area contributed by atoms with Gasteiger partial charge in [0.25, 0.3) is 5.69 Å². The maximum Gasteiger partial charge on any atom is 0.292 e. The Morgan fingerprint density at radius 1 is 1.48 bits per heavy atom. The van der Waals surface area contributed by atoms with Crippen LogP contribution in [0.5, 0.6) is 0 Å². The van der Waals surface area contributed by atoms with Gasteiger partial charge in [-0.15, -0.1) is 0 Å². The Labute approximate surface area is 120 Å². The molecule has 0 aromatic heterocycles. The van der Waals surface area contributed by atoms with Crippen LogP contribution in [0.2, 0.25) is 0 Å². The van der Waals surface area contributed by atoms with Gasteiger partial charge in [0.15, 0.2) is 0 Å². The molecule has 21 heavy (non-hydrogen) atoms. The van der Waals surface area contributed by atoms with E-state index >= 15 is 0 Å². The van der Waals surface area contributed by atoms with Crippen molar-refractivity contribution in [3.63, 3.8) is 0 Å². The fourth-order valence-corrected chi connectivity index (χ4v) is 2.38. The molecule has 1 aliphatic rings. The number of nitro benzene ring substituents is 1. The molecule has 1 saturated heterocycles. The molecule has 0 bridgehead atoms. The zero-order valence-corrected chi connectivity index (χ0v) is 11.4. The number of nitro groups is 1. The van der Waals surface area contributed by atoms with Crippen LogP contribution in [-0.2, 0) is 16.2 Å². The second-order valence-electron chi connectivity index (χ2n) is 4.70. The van der Waals surface area contributed by atoms with Crippen molar-refractivity contribution in [3.05, 3.63) is 33.9 Å². The molecule has 2 amide bonds. The van der Waals surface area contributed by atoms with E-state index in [0.717, 1.165) is 0 Å². The lowest BCUT2D eigenvalue weighted by atomic mass is 10.1. The lowest BCUT2D eigenvalue weighted by molar-refractivity contribution is -0.384. The third-order valence-corrected chi connectivity index (χ3v) is 3.37. The van der Waals surface area contributed by atoms with Gasteiger partial charge in [0.1, 0.15) is 11.7 Å². The number of hydrogen-bond acceptors (Lipinski definition) is 6. The zero-order chi connectivity index (χ0) is 15.6. The number of rotatable bonds is 4. The maximum atomic E-state index is 11.8. The van der Waals surface area contributed by atoms with Crippen LogP contribution in [0.4, 0.5) is 11.4 Å². The predicted octanol–water partition coefficient (Wildman–Crippen LogP) is 0.328. The highest BCUT2D eigenvalue weighted by Gasteiger charge is 2.35. The Morgan fingerprint density at radius 2 is 2.19 bits per heavy atom. The Balaban J connectivity index is 2.50. The minimum absolute atomic E-state index is 0.121. The average molecular weight is 293 g/mol. The summed E-state index contributed by atoms with van der Waals surface area (Å²) in [5.41, 5.74) is 0.362. The van der Waals surface area contributed by atoms with Crippen LogP contribution in [0.25, 0.3) is 0 Å².